The number of benzene rings is 8. The third kappa shape index (κ3) is 31.4. The Kier molecular flexibility index (Phi) is 51.3. The first kappa shape index (κ1) is 123. The summed E-state index contributed by atoms with van der Waals surface area (Å²) in [6.45, 7) is 46.9. The molecule has 3 unspecified atom stereocenters. The molecule has 2 fully saturated rings. The van der Waals surface area contributed by atoms with Crippen molar-refractivity contribution in [3.05, 3.63) is 261 Å². The maximum Gasteiger partial charge on any atom is 0.494 e. The molecule has 4 nitrogen and oxygen atoms in total. The quantitative estimate of drug-likeness (QED) is 0.0165. The van der Waals surface area contributed by atoms with Gasteiger partial charge in [0.2, 0.25) is 0 Å². The van der Waals surface area contributed by atoms with Crippen LogP contribution in [-0.2, 0) is 40.3 Å². The molecule has 144 heavy (non-hydrogen) atoms. The average molecular weight is 2150 g/mol. The Labute approximate surface area is 908 Å². The van der Waals surface area contributed by atoms with Crippen LogP contribution < -0.4 is 10.9 Å². The van der Waals surface area contributed by atoms with E-state index in [0.29, 0.717) is 0 Å². The van der Waals surface area contributed by atoms with Crippen LogP contribution in [0.15, 0.2) is 205 Å². The van der Waals surface area contributed by atoms with Crippen LogP contribution in [0.3, 0.4) is 0 Å². The first-order valence-electron chi connectivity index (χ1n) is 57.1. The summed E-state index contributed by atoms with van der Waals surface area (Å²) in [5.74, 6) is 0. The van der Waals surface area contributed by atoms with Crippen LogP contribution in [-0.4, -0.2) is 36.6 Å². The SMILES string of the molecule is C.C.C=CCCCCCCC1(CCCCCCC=C)c2cc(Br)ccc2-c2ccc(Br)cc21.C=CCCCCCCC1(CCCCCCC=C)c2cc(C)ccc2-c2ccc(-c3ccc4c(c3)C(CCCCCCCC)(CCCCCCCC)c3cc(C)ccc3-4)cc21.CCCCCCCCC1(CCCCCCCC)c2cc(B3OC(C)(C)C(C)(C)O3)ccc2-c2ccc(B3OC(C)(C)C(C)(C)O3)cc21.PP(P)P. The fourth-order valence-corrected chi connectivity index (χ4v) is 25.3. The highest BCUT2D eigenvalue weighted by molar-refractivity contribution is 9.10. The molecular formula is C132H196B2Br2O4P4. The Morgan fingerprint density at radius 2 is 0.444 bits per heavy atom. The summed E-state index contributed by atoms with van der Waals surface area (Å²) in [6, 6.07) is 58.1. The molecule has 0 bridgehead atoms. The fraction of sp³-hybridized carbons (Fsp3) is 0.576. The summed E-state index contributed by atoms with van der Waals surface area (Å²) < 4.78 is 28.8. The van der Waals surface area contributed by atoms with E-state index in [4.69, 9.17) is 18.6 Å². The van der Waals surface area contributed by atoms with Crippen LogP contribution in [0.4, 0.5) is 0 Å². The zero-order valence-corrected chi connectivity index (χ0v) is 99.0. The van der Waals surface area contributed by atoms with Crippen molar-refractivity contribution in [2.24, 2.45) is 0 Å². The maximum absolute atomic E-state index is 6.60. The van der Waals surface area contributed by atoms with E-state index in [-0.39, 0.29) is 80.1 Å². The number of aryl methyl sites for hydroxylation is 2. The molecular weight excluding hydrogens is 1950 g/mol. The van der Waals surface area contributed by atoms with Gasteiger partial charge in [0.15, 0.2) is 0 Å². The average Bonchev–Trinajstić information content (AvgIpc) is 1.56. The highest BCUT2D eigenvalue weighted by atomic mass is 79.9. The van der Waals surface area contributed by atoms with Gasteiger partial charge < -0.3 is 18.6 Å². The first-order valence-corrected chi connectivity index (χ1v) is 64.8. The van der Waals surface area contributed by atoms with Crippen LogP contribution in [0.25, 0.3) is 55.6 Å². The van der Waals surface area contributed by atoms with Crippen LogP contribution >= 0.6 is 65.6 Å². The maximum atomic E-state index is 6.60. The van der Waals surface area contributed by atoms with Gasteiger partial charge in [0, 0.05) is 30.6 Å². The van der Waals surface area contributed by atoms with Crippen LogP contribution in [0.1, 0.15) is 487 Å². The molecule has 788 valence electrons. The van der Waals surface area contributed by atoms with E-state index in [1.807, 2.05) is 12.2 Å². The normalized spacial score (nSPS) is 16.0. The van der Waals surface area contributed by atoms with E-state index in [0.717, 1.165) is 49.5 Å². The standard InChI is InChI=1S/C60H82.C41H64B2O4.C29H36Br2.2CH4.H6P4/c1-7-11-15-19-23-27-39-59(40-28-24-20-16-12-8-2)55-43-47(5)31-35-51(55)53-37-33-49(45-57(53)59)50-34-38-54-52-36-32-48(6)44-56(52)60(58(54)46-50,41-29-25-21-17-13-9-3)42-30-26-22-18-14-10-4;1-11-13-15-17-19-21-27-41(28-22-20-18-16-14-12-2)35-29-31(42-44-37(3,4)38(5,6)45-42)23-25-33(35)34-26-24-32(30-36(34)41)43-46-39(7,8)40(9,10)47-43;1-3-5-7-9-11-13-19-29(20-14-12-10-8-6-4-2)27-21-23(30)15-17-25(27)26-18-16-24(31)22-28(26)29;;;1-4(2)3/h7-8,31-38,43-46H,1-2,9-30,39-42H2,3-6H3;23-26,29-30H,11-22,27-28H2,1-10H3;3-4,15-18,21-22H,1-2,5-14,19-20H2;2*1H4;1-3H2. The van der Waals surface area contributed by atoms with E-state index < -0.39 is 0 Å². The molecule has 4 aliphatic carbocycles. The minimum atomic E-state index is -0.370. The van der Waals surface area contributed by atoms with Crippen molar-refractivity contribution in [3.8, 4) is 55.6 Å². The summed E-state index contributed by atoms with van der Waals surface area (Å²) in [6.07, 6.45) is 75.0. The zero-order chi connectivity index (χ0) is 102. The highest BCUT2D eigenvalue weighted by Gasteiger charge is 2.56. The summed E-state index contributed by atoms with van der Waals surface area (Å²) in [4.78, 5) is 0. The number of hydrogen-bond acceptors (Lipinski definition) is 4. The molecule has 0 radical (unpaired) electrons. The summed E-state index contributed by atoms with van der Waals surface area (Å²) >= 11 is 7.54. The number of allylic oxidation sites excluding steroid dienone is 4. The van der Waals surface area contributed by atoms with Crippen molar-refractivity contribution in [2.45, 2.75) is 490 Å². The second-order valence-electron chi connectivity index (χ2n) is 45.6. The van der Waals surface area contributed by atoms with E-state index in [1.54, 1.807) is 22.3 Å². The number of rotatable bonds is 59. The number of unbranched alkanes of at least 4 members (excludes halogenated alkanes) is 36. The molecule has 0 spiro atoms. The molecule has 8 aromatic carbocycles. The van der Waals surface area contributed by atoms with Crippen molar-refractivity contribution in [2.75, 3.05) is 0 Å². The largest absolute Gasteiger partial charge is 0.494 e. The van der Waals surface area contributed by atoms with Gasteiger partial charge in [-0.3, -0.25) is 0 Å². The van der Waals surface area contributed by atoms with Gasteiger partial charge in [0.25, 0.3) is 0 Å². The molecule has 14 rings (SSSR count). The molecule has 0 amide bonds. The van der Waals surface area contributed by atoms with Crippen molar-refractivity contribution < 1.29 is 18.6 Å². The Hall–Kier alpha value is -4.63. The number of hydrogen-bond donors (Lipinski definition) is 0. The van der Waals surface area contributed by atoms with E-state index >= 15 is 0 Å². The monoisotopic (exact) mass is 2150 g/mol. The molecule has 2 heterocycles. The van der Waals surface area contributed by atoms with Gasteiger partial charge in [-0.05, 0) is 326 Å². The van der Waals surface area contributed by atoms with Gasteiger partial charge in [-0.25, -0.2) is 0 Å². The summed E-state index contributed by atoms with van der Waals surface area (Å²) in [5.41, 5.74) is 30.7. The second-order valence-corrected chi connectivity index (χ2v) is 59.1. The van der Waals surface area contributed by atoms with E-state index in [9.17, 15) is 0 Å². The Bertz CT molecular complexity index is 5040. The second kappa shape index (κ2) is 60.1. The van der Waals surface area contributed by atoms with Gasteiger partial charge in [0.05, 0.1) is 22.4 Å². The lowest BCUT2D eigenvalue weighted by Crippen LogP contribution is -2.41. The lowest BCUT2D eigenvalue weighted by atomic mass is 9.67. The molecule has 2 aliphatic heterocycles. The first-order chi connectivity index (χ1) is 68.4. The third-order valence-electron chi connectivity index (χ3n) is 34.0. The van der Waals surface area contributed by atoms with Gasteiger partial charge in [0.1, 0.15) is 0 Å². The molecule has 0 N–H and O–H groups in total. The van der Waals surface area contributed by atoms with Crippen LogP contribution in [0, 0.1) is 13.8 Å². The molecule has 2 saturated heterocycles. The van der Waals surface area contributed by atoms with Gasteiger partial charge in [-0.1, -0.05) is 450 Å². The Morgan fingerprint density at radius 3 is 0.681 bits per heavy atom. The van der Waals surface area contributed by atoms with Crippen molar-refractivity contribution >= 4 is 90.8 Å². The smallest absolute Gasteiger partial charge is 0.399 e. The topological polar surface area (TPSA) is 36.9 Å². The number of fused-ring (bicyclic) bond motifs is 12. The summed E-state index contributed by atoms with van der Waals surface area (Å²) in [5, 5.41) is 0. The van der Waals surface area contributed by atoms with Crippen LogP contribution in [0.5, 0.6) is 0 Å². The number of halogens is 2. The molecule has 3 atom stereocenters. The van der Waals surface area contributed by atoms with Gasteiger partial charge >= 0.3 is 14.2 Å². The molecule has 0 aromatic heterocycles. The van der Waals surface area contributed by atoms with E-state index in [1.165, 1.54) is 393 Å². The van der Waals surface area contributed by atoms with Gasteiger partial charge in [-0.2, -0.15) is 0 Å². The van der Waals surface area contributed by atoms with Crippen molar-refractivity contribution in [1.82, 2.24) is 0 Å². The highest BCUT2D eigenvalue weighted by Crippen LogP contribution is 2.62. The lowest BCUT2D eigenvalue weighted by molar-refractivity contribution is 0.00578. The van der Waals surface area contributed by atoms with Crippen LogP contribution in [0.2, 0.25) is 0 Å². The predicted octanol–water partition coefficient (Wildman–Crippen LogP) is 42.8. The van der Waals surface area contributed by atoms with Crippen molar-refractivity contribution in [1.29, 1.82) is 0 Å². The molecule has 0 saturated carbocycles. The Morgan fingerprint density at radius 1 is 0.257 bits per heavy atom. The molecule has 12 heteroatoms. The molecule has 6 aliphatic rings. The zero-order valence-electron chi connectivity index (χ0n) is 91.5. The Balaban J connectivity index is 0.000000245. The minimum Gasteiger partial charge on any atom is -0.399 e. The minimum absolute atomic E-state index is 0. The lowest BCUT2D eigenvalue weighted by Gasteiger charge is -2.34. The summed E-state index contributed by atoms with van der Waals surface area (Å²) in [7, 11) is 7.21. The third-order valence-corrected chi connectivity index (χ3v) is 35.0. The van der Waals surface area contributed by atoms with Crippen molar-refractivity contribution in [3.63, 3.8) is 0 Å². The fourth-order valence-electron chi connectivity index (χ4n) is 24.6. The predicted molar refractivity (Wildman–Crippen MR) is 659 cm³/mol. The van der Waals surface area contributed by atoms with Gasteiger partial charge in [-0.15, -0.1) is 53.1 Å². The molecule has 8 aromatic rings. The van der Waals surface area contributed by atoms with E-state index in [2.05, 4.69) is 340 Å².